The minimum Gasteiger partial charge on any atom is -0.493 e. The van der Waals surface area contributed by atoms with Crippen LogP contribution in [0.1, 0.15) is 27.2 Å². The molecule has 3 aromatic heterocycles. The minimum absolute atomic E-state index is 0.0935. The van der Waals surface area contributed by atoms with Crippen molar-refractivity contribution in [1.29, 1.82) is 0 Å². The number of aryl methyl sites for hydroxylation is 1. The summed E-state index contributed by atoms with van der Waals surface area (Å²) in [5.74, 6) is 1.46. The van der Waals surface area contributed by atoms with Gasteiger partial charge < -0.3 is 14.4 Å². The number of hydrogen-bond acceptors (Lipinski definition) is 7. The second kappa shape index (κ2) is 11.0. The number of benzene rings is 1. The number of carbonyl (C=O) groups is 1. The number of thiazole rings is 1. The molecule has 1 aromatic carbocycles. The van der Waals surface area contributed by atoms with Gasteiger partial charge in [-0.05, 0) is 54.4 Å². The largest absolute Gasteiger partial charge is 0.493 e. The first-order chi connectivity index (χ1) is 16.1. The summed E-state index contributed by atoms with van der Waals surface area (Å²) in [5, 5.41) is 5.05. The summed E-state index contributed by atoms with van der Waals surface area (Å²) in [4.78, 5) is 23.0. The van der Waals surface area contributed by atoms with Crippen LogP contribution < -0.4 is 9.47 Å². The van der Waals surface area contributed by atoms with Crippen LogP contribution >= 0.6 is 34.0 Å². The molecule has 0 unspecified atom stereocenters. The van der Waals surface area contributed by atoms with Gasteiger partial charge in [-0.15, -0.1) is 34.0 Å². The lowest BCUT2D eigenvalue weighted by atomic mass is 10.1. The molecule has 1 amide bonds. The Kier molecular flexibility index (Phi) is 7.80. The number of thiophene rings is 2. The summed E-state index contributed by atoms with van der Waals surface area (Å²) in [5.41, 5.74) is 1.94. The third-order valence-corrected chi connectivity index (χ3v) is 7.85. The maximum absolute atomic E-state index is 13.2. The van der Waals surface area contributed by atoms with E-state index in [-0.39, 0.29) is 5.91 Å². The molecule has 33 heavy (non-hydrogen) atoms. The summed E-state index contributed by atoms with van der Waals surface area (Å²) in [7, 11) is 1.64. The third kappa shape index (κ3) is 5.82. The van der Waals surface area contributed by atoms with E-state index in [9.17, 15) is 4.79 Å². The van der Waals surface area contributed by atoms with E-state index in [0.29, 0.717) is 37.6 Å². The second-order valence-corrected chi connectivity index (χ2v) is 10.7. The molecule has 0 saturated carbocycles. The number of methoxy groups -OCH3 is 1. The van der Waals surface area contributed by atoms with Crippen molar-refractivity contribution in [3.63, 3.8) is 0 Å². The van der Waals surface area contributed by atoms with Crippen LogP contribution in [-0.2, 0) is 24.4 Å². The van der Waals surface area contributed by atoms with E-state index in [1.807, 2.05) is 65.9 Å². The van der Waals surface area contributed by atoms with Crippen molar-refractivity contribution in [3.8, 4) is 22.1 Å². The number of likely N-dealkylation sites (N-methyl/N-ethyl adjacent to an activating group) is 1. The molecular weight excluding hydrogens is 472 g/mol. The first kappa shape index (κ1) is 23.5. The summed E-state index contributed by atoms with van der Waals surface area (Å²) < 4.78 is 11.5. The second-order valence-electron chi connectivity index (χ2n) is 7.42. The Hall–Kier alpha value is -2.68. The Balaban J connectivity index is 1.44. The molecule has 0 aliphatic carbocycles. The Bertz CT molecular complexity index is 1180. The molecule has 4 aromatic rings. The van der Waals surface area contributed by atoms with Crippen LogP contribution in [0.25, 0.3) is 10.6 Å². The minimum atomic E-state index is 0.0935. The van der Waals surface area contributed by atoms with E-state index in [0.717, 1.165) is 30.9 Å². The molecule has 0 saturated heterocycles. The normalized spacial score (nSPS) is 10.9. The van der Waals surface area contributed by atoms with Crippen molar-refractivity contribution in [2.45, 2.75) is 33.4 Å². The van der Waals surface area contributed by atoms with Gasteiger partial charge in [0.05, 0.1) is 29.1 Å². The fraction of sp³-hybridized carbons (Fsp3) is 0.280. The Morgan fingerprint density at radius 3 is 2.61 bits per heavy atom. The van der Waals surface area contributed by atoms with E-state index in [2.05, 4.69) is 11.1 Å². The van der Waals surface area contributed by atoms with Gasteiger partial charge in [0.25, 0.3) is 0 Å². The predicted molar refractivity (Wildman–Crippen MR) is 137 cm³/mol. The number of aromatic nitrogens is 1. The highest BCUT2D eigenvalue weighted by molar-refractivity contribution is 7.15. The Labute approximate surface area is 206 Å². The van der Waals surface area contributed by atoms with Crippen LogP contribution in [0.5, 0.6) is 11.5 Å². The number of rotatable bonds is 10. The highest BCUT2D eigenvalue weighted by Crippen LogP contribution is 2.33. The molecule has 5 nitrogen and oxygen atoms in total. The number of carbonyl (C=O) groups excluding carboxylic acids is 1. The molecule has 0 atom stereocenters. The van der Waals surface area contributed by atoms with Gasteiger partial charge in [-0.3, -0.25) is 4.79 Å². The Morgan fingerprint density at radius 2 is 1.91 bits per heavy atom. The predicted octanol–water partition coefficient (Wildman–Crippen LogP) is 6.42. The third-order valence-electron chi connectivity index (χ3n) is 5.16. The van der Waals surface area contributed by atoms with Crippen molar-refractivity contribution >= 4 is 39.9 Å². The van der Waals surface area contributed by atoms with Crippen LogP contribution in [0, 0.1) is 6.92 Å². The van der Waals surface area contributed by atoms with Gasteiger partial charge >= 0.3 is 0 Å². The van der Waals surface area contributed by atoms with Gasteiger partial charge in [-0.25, -0.2) is 4.98 Å². The lowest BCUT2D eigenvalue weighted by molar-refractivity contribution is -0.130. The first-order valence-electron chi connectivity index (χ1n) is 10.7. The van der Waals surface area contributed by atoms with Gasteiger partial charge in [0, 0.05) is 22.8 Å². The zero-order valence-corrected chi connectivity index (χ0v) is 21.3. The van der Waals surface area contributed by atoms with Crippen LogP contribution in [0.4, 0.5) is 0 Å². The van der Waals surface area contributed by atoms with Crippen LogP contribution in [0.15, 0.2) is 53.2 Å². The maximum atomic E-state index is 13.2. The van der Waals surface area contributed by atoms with E-state index < -0.39 is 0 Å². The molecular formula is C25H26N2O3S3. The van der Waals surface area contributed by atoms with E-state index >= 15 is 0 Å². The fourth-order valence-corrected chi connectivity index (χ4v) is 5.88. The van der Waals surface area contributed by atoms with Gasteiger partial charge in [-0.1, -0.05) is 18.2 Å². The van der Waals surface area contributed by atoms with Crippen LogP contribution in [-0.4, -0.2) is 29.4 Å². The fourth-order valence-electron chi connectivity index (χ4n) is 3.51. The topological polar surface area (TPSA) is 51.7 Å². The zero-order valence-electron chi connectivity index (χ0n) is 18.9. The van der Waals surface area contributed by atoms with Crippen molar-refractivity contribution in [1.82, 2.24) is 9.88 Å². The van der Waals surface area contributed by atoms with Gasteiger partial charge in [0.1, 0.15) is 6.61 Å². The summed E-state index contributed by atoms with van der Waals surface area (Å²) >= 11 is 4.91. The number of amides is 1. The van der Waals surface area contributed by atoms with E-state index in [4.69, 9.17) is 9.47 Å². The van der Waals surface area contributed by atoms with Gasteiger partial charge in [0.2, 0.25) is 5.91 Å². The van der Waals surface area contributed by atoms with E-state index in [1.54, 1.807) is 41.1 Å². The standard InChI is InChI=1S/C25H26N2O3S3/c1-4-27(24(28)14-23-25(26-17(2)33-23)22-8-6-12-32-22)15-18-9-10-20(21(13-18)29-3)30-16-19-7-5-11-31-19/h5-13H,4,14-16H2,1-3H3. The SMILES string of the molecule is CCN(Cc1ccc(OCc2cccs2)c(OC)c1)C(=O)Cc1sc(C)nc1-c1cccs1. The maximum Gasteiger partial charge on any atom is 0.228 e. The smallest absolute Gasteiger partial charge is 0.228 e. The van der Waals surface area contributed by atoms with Gasteiger partial charge in [0.15, 0.2) is 11.5 Å². The Morgan fingerprint density at radius 1 is 1.09 bits per heavy atom. The lowest BCUT2D eigenvalue weighted by Gasteiger charge is -2.22. The number of ether oxygens (including phenoxy) is 2. The zero-order chi connectivity index (χ0) is 23.2. The molecule has 3 heterocycles. The molecule has 0 bridgehead atoms. The summed E-state index contributed by atoms with van der Waals surface area (Å²) in [6, 6.07) is 14.0. The first-order valence-corrected chi connectivity index (χ1v) is 13.2. The highest BCUT2D eigenvalue weighted by atomic mass is 32.1. The highest BCUT2D eigenvalue weighted by Gasteiger charge is 2.20. The van der Waals surface area contributed by atoms with Gasteiger partial charge in [-0.2, -0.15) is 0 Å². The molecule has 0 aliphatic heterocycles. The molecule has 0 aliphatic rings. The lowest BCUT2D eigenvalue weighted by Crippen LogP contribution is -2.31. The average molecular weight is 499 g/mol. The molecule has 0 radical (unpaired) electrons. The van der Waals surface area contributed by atoms with Crippen LogP contribution in [0.3, 0.4) is 0 Å². The number of hydrogen-bond donors (Lipinski definition) is 0. The summed E-state index contributed by atoms with van der Waals surface area (Å²) in [6.45, 7) is 5.65. The van der Waals surface area contributed by atoms with Crippen molar-refractivity contribution in [3.05, 3.63) is 73.6 Å². The molecule has 0 N–H and O–H groups in total. The monoisotopic (exact) mass is 498 g/mol. The van der Waals surface area contributed by atoms with Crippen molar-refractivity contribution in [2.75, 3.05) is 13.7 Å². The molecule has 8 heteroatoms. The van der Waals surface area contributed by atoms with E-state index in [1.165, 1.54) is 0 Å². The van der Waals surface area contributed by atoms with Crippen molar-refractivity contribution in [2.24, 2.45) is 0 Å². The number of nitrogens with zero attached hydrogens (tertiary/aromatic N) is 2. The molecule has 0 fully saturated rings. The molecule has 172 valence electrons. The quantitative estimate of drug-likeness (QED) is 0.253. The summed E-state index contributed by atoms with van der Waals surface area (Å²) in [6.07, 6.45) is 0.353. The van der Waals surface area contributed by atoms with Crippen LogP contribution in [0.2, 0.25) is 0 Å². The molecule has 4 rings (SSSR count). The molecule has 0 spiro atoms. The average Bonchev–Trinajstić information content (AvgIpc) is 3.58. The van der Waals surface area contributed by atoms with Crippen molar-refractivity contribution < 1.29 is 14.3 Å².